The lowest BCUT2D eigenvalue weighted by atomic mass is 9.71. The van der Waals surface area contributed by atoms with Crippen molar-refractivity contribution in [3.8, 4) is 0 Å². The van der Waals surface area contributed by atoms with Gasteiger partial charge in [0.1, 0.15) is 5.69 Å². The van der Waals surface area contributed by atoms with Crippen molar-refractivity contribution in [2.45, 2.75) is 24.8 Å². The molecule has 5 nitrogen and oxygen atoms in total. The zero-order valence-corrected chi connectivity index (χ0v) is 12.8. The fraction of sp³-hybridized carbons (Fsp3) is 0.267. The Morgan fingerprint density at radius 1 is 1.29 bits per heavy atom. The van der Waals surface area contributed by atoms with Crippen molar-refractivity contribution in [1.29, 1.82) is 0 Å². The normalized spacial score (nSPS) is 16.0. The van der Waals surface area contributed by atoms with Crippen molar-refractivity contribution in [2.24, 2.45) is 0 Å². The predicted octanol–water partition coefficient (Wildman–Crippen LogP) is 2.34. The van der Waals surface area contributed by atoms with Gasteiger partial charge in [0.05, 0.1) is 5.54 Å². The van der Waals surface area contributed by atoms with E-state index in [-0.39, 0.29) is 22.7 Å². The Morgan fingerprint density at radius 2 is 2.10 bits per heavy atom. The summed E-state index contributed by atoms with van der Waals surface area (Å²) in [6.45, 7) is 0. The maximum absolute atomic E-state index is 12.3. The standard InChI is InChI=1S/C15H14BrN3O2/c16-11-4-1-3-10(9-11)15(7-2-8-15)17-14(21)12-5-6-13(20)19-18-12/h1,3-6,9H,2,7-8H2,(H,17,21)(H,19,20). The lowest BCUT2D eigenvalue weighted by molar-refractivity contribution is 0.0817. The summed E-state index contributed by atoms with van der Waals surface area (Å²) in [5.41, 5.74) is 0.646. The summed E-state index contributed by atoms with van der Waals surface area (Å²) >= 11 is 3.46. The fourth-order valence-corrected chi connectivity index (χ4v) is 2.95. The number of halogens is 1. The van der Waals surface area contributed by atoms with Gasteiger partial charge in [-0.1, -0.05) is 28.1 Å². The molecule has 6 heteroatoms. The first-order valence-corrected chi connectivity index (χ1v) is 7.53. The molecular formula is C15H14BrN3O2. The van der Waals surface area contributed by atoms with E-state index in [1.165, 1.54) is 12.1 Å². The minimum Gasteiger partial charge on any atom is -0.341 e. The van der Waals surface area contributed by atoms with E-state index >= 15 is 0 Å². The minimum atomic E-state index is -0.335. The summed E-state index contributed by atoms with van der Waals surface area (Å²) in [6, 6.07) is 10.7. The minimum absolute atomic E-state index is 0.218. The number of aromatic amines is 1. The van der Waals surface area contributed by atoms with E-state index in [1.807, 2.05) is 24.3 Å². The maximum Gasteiger partial charge on any atom is 0.272 e. The molecule has 0 saturated heterocycles. The summed E-state index contributed by atoms with van der Waals surface area (Å²) < 4.78 is 0.989. The van der Waals surface area contributed by atoms with Gasteiger partial charge in [-0.15, -0.1) is 0 Å². The number of benzene rings is 1. The molecule has 1 heterocycles. The summed E-state index contributed by atoms with van der Waals surface area (Å²) in [5, 5.41) is 9.12. The Kier molecular flexibility index (Phi) is 3.63. The molecule has 1 saturated carbocycles. The second-order valence-electron chi connectivity index (χ2n) is 5.21. The summed E-state index contributed by atoms with van der Waals surface area (Å²) in [7, 11) is 0. The Bertz CT molecular complexity index is 717. The first-order chi connectivity index (χ1) is 10.1. The predicted molar refractivity (Wildman–Crippen MR) is 82.0 cm³/mol. The molecule has 3 rings (SSSR count). The van der Waals surface area contributed by atoms with E-state index in [4.69, 9.17) is 0 Å². The lowest BCUT2D eigenvalue weighted by Gasteiger charge is -2.43. The Balaban J connectivity index is 1.86. The van der Waals surface area contributed by atoms with Crippen LogP contribution in [0, 0.1) is 0 Å². The number of rotatable bonds is 3. The molecule has 1 aromatic carbocycles. The Morgan fingerprint density at radius 3 is 2.67 bits per heavy atom. The molecule has 0 unspecified atom stereocenters. The van der Waals surface area contributed by atoms with Crippen LogP contribution in [-0.4, -0.2) is 16.1 Å². The molecule has 21 heavy (non-hydrogen) atoms. The number of carbonyl (C=O) groups is 1. The van der Waals surface area contributed by atoms with Gasteiger partial charge in [-0.2, -0.15) is 5.10 Å². The van der Waals surface area contributed by atoms with Crippen LogP contribution in [0.15, 0.2) is 45.7 Å². The molecule has 1 aliphatic rings. The molecule has 0 radical (unpaired) electrons. The fourth-order valence-electron chi connectivity index (χ4n) is 2.55. The second kappa shape index (κ2) is 5.44. The first-order valence-electron chi connectivity index (χ1n) is 6.73. The SMILES string of the molecule is O=C(NC1(c2cccc(Br)c2)CCC1)c1ccc(=O)[nH]n1. The van der Waals surface area contributed by atoms with Crippen molar-refractivity contribution in [3.63, 3.8) is 0 Å². The Hall–Kier alpha value is -1.95. The van der Waals surface area contributed by atoms with E-state index < -0.39 is 0 Å². The highest BCUT2D eigenvalue weighted by Gasteiger charge is 2.40. The van der Waals surface area contributed by atoms with Crippen molar-refractivity contribution in [3.05, 3.63) is 62.5 Å². The molecule has 108 valence electrons. The molecule has 2 aromatic rings. The van der Waals surface area contributed by atoms with Crippen LogP contribution in [-0.2, 0) is 5.54 Å². The van der Waals surface area contributed by atoms with E-state index in [0.717, 1.165) is 29.3 Å². The molecule has 1 amide bonds. The number of H-pyrrole nitrogens is 1. The number of nitrogens with zero attached hydrogens (tertiary/aromatic N) is 1. The molecule has 2 N–H and O–H groups in total. The lowest BCUT2D eigenvalue weighted by Crippen LogP contribution is -2.51. The molecule has 0 spiro atoms. The van der Waals surface area contributed by atoms with Crippen LogP contribution in [0.1, 0.15) is 35.3 Å². The number of hydrogen-bond donors (Lipinski definition) is 2. The quantitative estimate of drug-likeness (QED) is 0.894. The summed E-state index contributed by atoms with van der Waals surface area (Å²) in [6.07, 6.45) is 2.88. The Labute approximate surface area is 129 Å². The van der Waals surface area contributed by atoms with E-state index in [1.54, 1.807) is 0 Å². The largest absolute Gasteiger partial charge is 0.341 e. The average molecular weight is 348 g/mol. The van der Waals surface area contributed by atoms with Crippen LogP contribution in [0.5, 0.6) is 0 Å². The van der Waals surface area contributed by atoms with Crippen molar-refractivity contribution in [2.75, 3.05) is 0 Å². The molecule has 0 bridgehead atoms. The van der Waals surface area contributed by atoms with Gasteiger partial charge in [0, 0.05) is 10.5 Å². The van der Waals surface area contributed by atoms with Crippen LogP contribution in [0.2, 0.25) is 0 Å². The molecule has 1 fully saturated rings. The van der Waals surface area contributed by atoms with Crippen molar-refractivity contribution < 1.29 is 4.79 Å². The zero-order chi connectivity index (χ0) is 14.9. The third kappa shape index (κ3) is 2.76. The third-order valence-corrected chi connectivity index (χ3v) is 4.34. The molecule has 1 aliphatic carbocycles. The number of hydrogen-bond acceptors (Lipinski definition) is 3. The third-order valence-electron chi connectivity index (χ3n) is 3.85. The van der Waals surface area contributed by atoms with Crippen LogP contribution in [0.4, 0.5) is 0 Å². The van der Waals surface area contributed by atoms with Gasteiger partial charge in [-0.25, -0.2) is 5.10 Å². The van der Waals surface area contributed by atoms with Gasteiger partial charge in [0.2, 0.25) is 0 Å². The molecule has 0 atom stereocenters. The van der Waals surface area contributed by atoms with Gasteiger partial charge in [-0.3, -0.25) is 9.59 Å². The van der Waals surface area contributed by atoms with Crippen molar-refractivity contribution >= 4 is 21.8 Å². The highest BCUT2D eigenvalue weighted by atomic mass is 79.9. The smallest absolute Gasteiger partial charge is 0.272 e. The second-order valence-corrected chi connectivity index (χ2v) is 6.12. The monoisotopic (exact) mass is 347 g/mol. The van der Waals surface area contributed by atoms with Crippen LogP contribution >= 0.6 is 15.9 Å². The van der Waals surface area contributed by atoms with Crippen LogP contribution in [0.25, 0.3) is 0 Å². The van der Waals surface area contributed by atoms with Crippen LogP contribution < -0.4 is 10.9 Å². The highest BCUT2D eigenvalue weighted by Crippen LogP contribution is 2.42. The first kappa shape index (κ1) is 14.0. The number of carbonyl (C=O) groups excluding carboxylic acids is 1. The van der Waals surface area contributed by atoms with Crippen molar-refractivity contribution in [1.82, 2.24) is 15.5 Å². The maximum atomic E-state index is 12.3. The summed E-state index contributed by atoms with van der Waals surface area (Å²) in [5.74, 6) is -0.272. The van der Waals surface area contributed by atoms with E-state index in [0.29, 0.717) is 0 Å². The molecule has 0 aliphatic heterocycles. The highest BCUT2D eigenvalue weighted by molar-refractivity contribution is 9.10. The number of nitrogens with one attached hydrogen (secondary N) is 2. The summed E-state index contributed by atoms with van der Waals surface area (Å²) in [4.78, 5) is 23.3. The van der Waals surface area contributed by atoms with Gasteiger partial charge >= 0.3 is 0 Å². The van der Waals surface area contributed by atoms with Gasteiger partial charge in [0.15, 0.2) is 0 Å². The molecular weight excluding hydrogens is 334 g/mol. The number of aromatic nitrogens is 2. The molecule has 1 aromatic heterocycles. The number of amides is 1. The zero-order valence-electron chi connectivity index (χ0n) is 11.2. The van der Waals surface area contributed by atoms with E-state index in [2.05, 4.69) is 31.4 Å². The van der Waals surface area contributed by atoms with E-state index in [9.17, 15) is 9.59 Å². The van der Waals surface area contributed by atoms with Gasteiger partial charge in [0.25, 0.3) is 11.5 Å². The van der Waals surface area contributed by atoms with Crippen LogP contribution in [0.3, 0.4) is 0 Å². The topological polar surface area (TPSA) is 74.8 Å². The van der Waals surface area contributed by atoms with Gasteiger partial charge in [-0.05, 0) is 43.0 Å². The van der Waals surface area contributed by atoms with Gasteiger partial charge < -0.3 is 5.32 Å². The average Bonchev–Trinajstić information content (AvgIpc) is 2.43.